The SMILES string of the molecule is Cc1ccc(C2=NC(C(=O)NC(C)(C)C)C(c3ccco3)O2)cc1. The predicted molar refractivity (Wildman–Crippen MR) is 91.9 cm³/mol. The third-order valence-corrected chi connectivity index (χ3v) is 3.67. The Morgan fingerprint density at radius 2 is 1.88 bits per heavy atom. The molecule has 2 atom stereocenters. The summed E-state index contributed by atoms with van der Waals surface area (Å²) in [4.78, 5) is 17.2. The number of aliphatic imine (C=N–C) groups is 1. The lowest BCUT2D eigenvalue weighted by Gasteiger charge is -2.23. The highest BCUT2D eigenvalue weighted by Gasteiger charge is 2.40. The van der Waals surface area contributed by atoms with Crippen LogP contribution in [0, 0.1) is 6.92 Å². The van der Waals surface area contributed by atoms with Crippen LogP contribution in [0.3, 0.4) is 0 Å². The smallest absolute Gasteiger partial charge is 0.249 e. The Bertz CT molecular complexity index is 740. The number of amides is 1. The van der Waals surface area contributed by atoms with E-state index in [1.54, 1.807) is 18.4 Å². The summed E-state index contributed by atoms with van der Waals surface area (Å²) in [7, 11) is 0. The molecule has 0 saturated carbocycles. The monoisotopic (exact) mass is 326 g/mol. The van der Waals surface area contributed by atoms with Gasteiger partial charge in [-0.05, 0) is 52.0 Å². The van der Waals surface area contributed by atoms with Crippen LogP contribution in [-0.2, 0) is 9.53 Å². The number of nitrogens with zero attached hydrogens (tertiary/aromatic N) is 1. The molecule has 2 unspecified atom stereocenters. The van der Waals surface area contributed by atoms with E-state index in [-0.39, 0.29) is 11.4 Å². The highest BCUT2D eigenvalue weighted by molar-refractivity contribution is 5.99. The second-order valence-electron chi connectivity index (χ2n) is 7.04. The van der Waals surface area contributed by atoms with Crippen molar-refractivity contribution in [3.63, 3.8) is 0 Å². The molecular weight excluding hydrogens is 304 g/mol. The summed E-state index contributed by atoms with van der Waals surface area (Å²) >= 11 is 0. The van der Waals surface area contributed by atoms with Gasteiger partial charge in [0.05, 0.1) is 6.26 Å². The van der Waals surface area contributed by atoms with Crippen LogP contribution in [-0.4, -0.2) is 23.4 Å². The van der Waals surface area contributed by atoms with Crippen LogP contribution in [0.25, 0.3) is 0 Å². The standard InChI is InChI=1S/C19H22N2O3/c1-12-7-9-13(10-8-12)18-20-15(17(22)21-19(2,3)4)16(24-18)14-6-5-11-23-14/h5-11,15-16H,1-4H3,(H,21,22). The summed E-state index contributed by atoms with van der Waals surface area (Å²) in [6, 6.07) is 10.8. The van der Waals surface area contributed by atoms with Crippen molar-refractivity contribution in [1.82, 2.24) is 5.32 Å². The molecule has 0 spiro atoms. The maximum absolute atomic E-state index is 12.7. The molecule has 1 amide bonds. The number of hydrogen-bond acceptors (Lipinski definition) is 4. The fraction of sp³-hybridized carbons (Fsp3) is 0.368. The van der Waals surface area contributed by atoms with Gasteiger partial charge in [0, 0.05) is 11.1 Å². The predicted octanol–water partition coefficient (Wildman–Crippen LogP) is 3.39. The van der Waals surface area contributed by atoms with E-state index in [1.807, 2.05) is 52.0 Å². The molecule has 0 fully saturated rings. The van der Waals surface area contributed by atoms with Crippen molar-refractivity contribution >= 4 is 11.8 Å². The Morgan fingerprint density at radius 3 is 2.46 bits per heavy atom. The van der Waals surface area contributed by atoms with Crippen LogP contribution in [0.2, 0.25) is 0 Å². The van der Waals surface area contributed by atoms with Crippen LogP contribution in [0.15, 0.2) is 52.1 Å². The molecule has 1 N–H and O–H groups in total. The van der Waals surface area contributed by atoms with Gasteiger partial charge in [0.15, 0.2) is 12.1 Å². The van der Waals surface area contributed by atoms with Gasteiger partial charge < -0.3 is 14.5 Å². The van der Waals surface area contributed by atoms with Crippen molar-refractivity contribution in [3.8, 4) is 0 Å². The van der Waals surface area contributed by atoms with Crippen molar-refractivity contribution in [2.75, 3.05) is 0 Å². The van der Waals surface area contributed by atoms with Gasteiger partial charge in [-0.2, -0.15) is 0 Å². The Balaban J connectivity index is 1.91. The minimum Gasteiger partial charge on any atom is -0.465 e. The Morgan fingerprint density at radius 1 is 1.17 bits per heavy atom. The van der Waals surface area contributed by atoms with Crippen molar-refractivity contribution in [3.05, 3.63) is 59.5 Å². The topological polar surface area (TPSA) is 63.8 Å². The number of carbonyl (C=O) groups excluding carboxylic acids is 1. The normalized spacial score (nSPS) is 20.4. The summed E-state index contributed by atoms with van der Waals surface area (Å²) in [6.45, 7) is 7.83. The molecule has 24 heavy (non-hydrogen) atoms. The first kappa shape index (κ1) is 16.3. The van der Waals surface area contributed by atoms with Crippen LogP contribution in [0.5, 0.6) is 0 Å². The zero-order valence-electron chi connectivity index (χ0n) is 14.4. The molecule has 126 valence electrons. The maximum atomic E-state index is 12.7. The van der Waals surface area contributed by atoms with E-state index in [4.69, 9.17) is 9.15 Å². The minimum absolute atomic E-state index is 0.175. The summed E-state index contributed by atoms with van der Waals surface area (Å²) in [5.74, 6) is 0.881. The van der Waals surface area contributed by atoms with E-state index in [0.29, 0.717) is 11.7 Å². The molecule has 1 aromatic carbocycles. The van der Waals surface area contributed by atoms with E-state index in [9.17, 15) is 4.79 Å². The van der Waals surface area contributed by atoms with Gasteiger partial charge in [0.1, 0.15) is 5.76 Å². The number of rotatable bonds is 3. The van der Waals surface area contributed by atoms with Crippen LogP contribution in [0.4, 0.5) is 0 Å². The second-order valence-corrected chi connectivity index (χ2v) is 7.04. The van der Waals surface area contributed by atoms with E-state index in [2.05, 4.69) is 10.3 Å². The van der Waals surface area contributed by atoms with Crippen LogP contribution < -0.4 is 5.32 Å². The molecule has 5 nitrogen and oxygen atoms in total. The number of aryl methyl sites for hydroxylation is 1. The lowest BCUT2D eigenvalue weighted by molar-refractivity contribution is -0.125. The van der Waals surface area contributed by atoms with Gasteiger partial charge in [-0.15, -0.1) is 0 Å². The molecule has 3 rings (SSSR count). The molecule has 1 aliphatic rings. The van der Waals surface area contributed by atoms with Gasteiger partial charge in [0.2, 0.25) is 11.8 Å². The highest BCUT2D eigenvalue weighted by atomic mass is 16.5. The summed E-state index contributed by atoms with van der Waals surface area (Å²) in [5, 5.41) is 2.97. The van der Waals surface area contributed by atoms with E-state index in [0.717, 1.165) is 11.1 Å². The summed E-state index contributed by atoms with van der Waals surface area (Å²) in [6.07, 6.45) is 1.01. The average Bonchev–Trinajstić information content (AvgIpc) is 3.15. The summed E-state index contributed by atoms with van der Waals surface area (Å²) in [5.41, 5.74) is 1.66. The van der Waals surface area contributed by atoms with Crippen LogP contribution >= 0.6 is 0 Å². The minimum atomic E-state index is -0.674. The molecular formula is C19H22N2O3. The van der Waals surface area contributed by atoms with Gasteiger partial charge >= 0.3 is 0 Å². The quantitative estimate of drug-likeness (QED) is 0.940. The van der Waals surface area contributed by atoms with Crippen molar-refractivity contribution in [2.45, 2.75) is 45.4 Å². The van der Waals surface area contributed by atoms with Gasteiger partial charge in [-0.1, -0.05) is 17.7 Å². The van der Waals surface area contributed by atoms with Gasteiger partial charge in [-0.3, -0.25) is 4.79 Å². The van der Waals surface area contributed by atoms with Crippen molar-refractivity contribution < 1.29 is 13.9 Å². The van der Waals surface area contributed by atoms with E-state index in [1.165, 1.54) is 0 Å². The molecule has 0 bridgehead atoms. The largest absolute Gasteiger partial charge is 0.465 e. The molecule has 2 heterocycles. The van der Waals surface area contributed by atoms with Crippen LogP contribution in [0.1, 0.15) is 43.8 Å². The first-order valence-electron chi connectivity index (χ1n) is 8.00. The highest BCUT2D eigenvalue weighted by Crippen LogP contribution is 2.32. The van der Waals surface area contributed by atoms with Gasteiger partial charge in [0.25, 0.3) is 0 Å². The molecule has 0 radical (unpaired) electrons. The van der Waals surface area contributed by atoms with Crippen molar-refractivity contribution in [2.24, 2.45) is 4.99 Å². The fourth-order valence-electron chi connectivity index (χ4n) is 2.55. The number of carbonyl (C=O) groups is 1. The average molecular weight is 326 g/mol. The van der Waals surface area contributed by atoms with E-state index >= 15 is 0 Å². The Kier molecular flexibility index (Phi) is 4.18. The Labute approximate surface area is 141 Å². The molecule has 5 heteroatoms. The second kappa shape index (κ2) is 6.15. The first-order chi connectivity index (χ1) is 11.3. The van der Waals surface area contributed by atoms with Gasteiger partial charge in [-0.25, -0.2) is 4.99 Å². The maximum Gasteiger partial charge on any atom is 0.249 e. The molecule has 1 aromatic heterocycles. The molecule has 0 aliphatic carbocycles. The number of furan rings is 1. The number of nitrogens with one attached hydrogen (secondary N) is 1. The molecule has 2 aromatic rings. The third-order valence-electron chi connectivity index (χ3n) is 3.67. The number of hydrogen-bond donors (Lipinski definition) is 1. The molecule has 1 aliphatic heterocycles. The first-order valence-corrected chi connectivity index (χ1v) is 8.00. The fourth-order valence-corrected chi connectivity index (χ4v) is 2.55. The lowest BCUT2D eigenvalue weighted by atomic mass is 10.1. The number of ether oxygens (including phenoxy) is 1. The Hall–Kier alpha value is -2.56. The third kappa shape index (κ3) is 3.50. The van der Waals surface area contributed by atoms with Crippen molar-refractivity contribution in [1.29, 1.82) is 0 Å². The molecule has 0 saturated heterocycles. The summed E-state index contributed by atoms with van der Waals surface area (Å²) < 4.78 is 11.4. The zero-order valence-corrected chi connectivity index (χ0v) is 14.4. The van der Waals surface area contributed by atoms with E-state index < -0.39 is 12.1 Å². The number of benzene rings is 1. The lowest BCUT2D eigenvalue weighted by Crippen LogP contribution is -2.46. The zero-order chi connectivity index (χ0) is 17.3.